The van der Waals surface area contributed by atoms with Crippen LogP contribution in [0.25, 0.3) is 0 Å². The van der Waals surface area contributed by atoms with E-state index in [0.29, 0.717) is 36.0 Å². The molecule has 1 heterocycles. The number of nitrogens with one attached hydrogen (secondary N) is 3. The van der Waals surface area contributed by atoms with E-state index in [1.54, 1.807) is 25.3 Å². The average Bonchev–Trinajstić information content (AvgIpc) is 2.85. The van der Waals surface area contributed by atoms with E-state index in [9.17, 15) is 9.59 Å². The van der Waals surface area contributed by atoms with Gasteiger partial charge in [-0.3, -0.25) is 0 Å². The summed E-state index contributed by atoms with van der Waals surface area (Å²) in [5.41, 5.74) is 2.28. The van der Waals surface area contributed by atoms with Crippen molar-refractivity contribution in [3.8, 4) is 11.5 Å². The minimum atomic E-state index is -0.367. The van der Waals surface area contributed by atoms with Crippen LogP contribution >= 0.6 is 0 Å². The average molecular weight is 456 g/mol. The van der Waals surface area contributed by atoms with Crippen molar-refractivity contribution < 1.29 is 19.1 Å². The molecular formula is C24H33N5O4. The molecule has 0 saturated carbocycles. The molecular weight excluding hydrogens is 422 g/mol. The number of nitrogens with zero attached hydrogens (tertiary/aromatic N) is 2. The van der Waals surface area contributed by atoms with Crippen molar-refractivity contribution in [2.45, 2.75) is 19.8 Å². The van der Waals surface area contributed by atoms with Crippen LogP contribution in [0.2, 0.25) is 0 Å². The molecule has 1 aliphatic rings. The van der Waals surface area contributed by atoms with Crippen LogP contribution in [-0.4, -0.2) is 63.9 Å². The molecule has 2 aromatic carbocycles. The van der Waals surface area contributed by atoms with Crippen LogP contribution in [0.15, 0.2) is 42.5 Å². The van der Waals surface area contributed by atoms with Gasteiger partial charge in [0.25, 0.3) is 0 Å². The Hall–Kier alpha value is -3.62. The van der Waals surface area contributed by atoms with Gasteiger partial charge in [0.1, 0.15) is 11.5 Å². The first kappa shape index (κ1) is 24.0. The van der Waals surface area contributed by atoms with Crippen LogP contribution in [0.3, 0.4) is 0 Å². The zero-order chi connectivity index (χ0) is 23.6. The van der Waals surface area contributed by atoms with Gasteiger partial charge in [-0.15, -0.1) is 0 Å². The molecule has 0 aliphatic carbocycles. The number of amides is 4. The van der Waals surface area contributed by atoms with Gasteiger partial charge < -0.3 is 35.2 Å². The Morgan fingerprint density at radius 1 is 0.939 bits per heavy atom. The minimum absolute atomic E-state index is 0.0159. The van der Waals surface area contributed by atoms with Gasteiger partial charge in [0.2, 0.25) is 0 Å². The first-order valence-corrected chi connectivity index (χ1v) is 11.2. The lowest BCUT2D eigenvalue weighted by Crippen LogP contribution is -2.52. The minimum Gasteiger partial charge on any atom is -0.497 e. The number of carbonyl (C=O) groups is 2. The van der Waals surface area contributed by atoms with Crippen molar-refractivity contribution in [2.75, 3.05) is 62.5 Å². The maximum Gasteiger partial charge on any atom is 0.323 e. The van der Waals surface area contributed by atoms with E-state index in [1.165, 1.54) is 7.11 Å². The lowest BCUT2D eigenvalue weighted by Gasteiger charge is -2.36. The first-order chi connectivity index (χ1) is 16.0. The number of urea groups is 2. The Kier molecular flexibility index (Phi) is 8.63. The highest BCUT2D eigenvalue weighted by Crippen LogP contribution is 2.29. The van der Waals surface area contributed by atoms with Gasteiger partial charge in [0.05, 0.1) is 19.9 Å². The van der Waals surface area contributed by atoms with Crippen LogP contribution in [0.4, 0.5) is 26.7 Å². The molecule has 3 rings (SSSR count). The summed E-state index contributed by atoms with van der Waals surface area (Å²) in [4.78, 5) is 28.7. The highest BCUT2D eigenvalue weighted by molar-refractivity contribution is 6.00. The summed E-state index contributed by atoms with van der Waals surface area (Å²) in [6, 6.07) is 12.5. The fraction of sp³-hybridized carbons (Fsp3) is 0.417. The topological polar surface area (TPSA) is 95.2 Å². The molecule has 4 amide bonds. The summed E-state index contributed by atoms with van der Waals surface area (Å²) in [6.07, 6.45) is 2.06. The van der Waals surface area contributed by atoms with Crippen molar-refractivity contribution in [3.63, 3.8) is 0 Å². The zero-order valence-corrected chi connectivity index (χ0v) is 19.5. The molecule has 0 spiro atoms. The Morgan fingerprint density at radius 2 is 1.67 bits per heavy atom. The lowest BCUT2D eigenvalue weighted by molar-refractivity contribution is 0.194. The number of piperazine rings is 1. The SMILES string of the molecule is CCCCNC(=O)N1CCN(c2ccc(NC(=O)Nc3ccc(OC)cc3OC)cc2)CC1. The summed E-state index contributed by atoms with van der Waals surface area (Å²) in [5.74, 6) is 1.16. The molecule has 1 aliphatic heterocycles. The Morgan fingerprint density at radius 3 is 2.30 bits per heavy atom. The van der Waals surface area contributed by atoms with Gasteiger partial charge in [-0.2, -0.15) is 0 Å². The fourth-order valence-electron chi connectivity index (χ4n) is 3.59. The van der Waals surface area contributed by atoms with Gasteiger partial charge in [-0.25, -0.2) is 9.59 Å². The van der Waals surface area contributed by atoms with Gasteiger partial charge in [0.15, 0.2) is 0 Å². The second-order valence-electron chi connectivity index (χ2n) is 7.75. The van der Waals surface area contributed by atoms with E-state index >= 15 is 0 Å². The van der Waals surface area contributed by atoms with E-state index in [0.717, 1.165) is 38.2 Å². The number of methoxy groups -OCH3 is 2. The van der Waals surface area contributed by atoms with E-state index in [1.807, 2.05) is 29.2 Å². The molecule has 0 aromatic heterocycles. The first-order valence-electron chi connectivity index (χ1n) is 11.2. The molecule has 1 fully saturated rings. The van der Waals surface area contributed by atoms with Gasteiger partial charge in [-0.05, 0) is 42.8 Å². The van der Waals surface area contributed by atoms with Crippen molar-refractivity contribution >= 4 is 29.1 Å². The van der Waals surface area contributed by atoms with Crippen molar-refractivity contribution in [1.29, 1.82) is 0 Å². The number of hydrogen-bond acceptors (Lipinski definition) is 5. The maximum atomic E-state index is 12.4. The van der Waals surface area contributed by atoms with E-state index in [4.69, 9.17) is 9.47 Å². The second-order valence-corrected chi connectivity index (χ2v) is 7.75. The van der Waals surface area contributed by atoms with Gasteiger partial charge >= 0.3 is 12.1 Å². The number of unbranched alkanes of at least 4 members (excludes halogenated alkanes) is 1. The van der Waals surface area contributed by atoms with Crippen LogP contribution in [0, 0.1) is 0 Å². The molecule has 0 bridgehead atoms. The van der Waals surface area contributed by atoms with Gasteiger partial charge in [0, 0.05) is 50.2 Å². The molecule has 0 radical (unpaired) electrons. The second kappa shape index (κ2) is 11.8. The molecule has 3 N–H and O–H groups in total. The predicted octanol–water partition coefficient (Wildman–Crippen LogP) is 3.98. The van der Waals surface area contributed by atoms with Crippen molar-refractivity contribution in [3.05, 3.63) is 42.5 Å². The van der Waals surface area contributed by atoms with Crippen LogP contribution in [0.1, 0.15) is 19.8 Å². The number of rotatable bonds is 8. The number of carbonyl (C=O) groups excluding carboxylic acids is 2. The third kappa shape index (κ3) is 6.68. The number of ether oxygens (including phenoxy) is 2. The van der Waals surface area contributed by atoms with E-state index in [-0.39, 0.29) is 12.1 Å². The molecule has 9 heteroatoms. The molecule has 1 saturated heterocycles. The smallest absolute Gasteiger partial charge is 0.323 e. The van der Waals surface area contributed by atoms with Crippen molar-refractivity contribution in [2.24, 2.45) is 0 Å². The molecule has 2 aromatic rings. The monoisotopic (exact) mass is 455 g/mol. The van der Waals surface area contributed by atoms with E-state index < -0.39 is 0 Å². The molecule has 0 unspecified atom stereocenters. The van der Waals surface area contributed by atoms with Gasteiger partial charge in [-0.1, -0.05) is 13.3 Å². The maximum absolute atomic E-state index is 12.4. The summed E-state index contributed by atoms with van der Waals surface area (Å²) < 4.78 is 10.5. The molecule has 178 valence electrons. The fourth-order valence-corrected chi connectivity index (χ4v) is 3.59. The van der Waals surface area contributed by atoms with Crippen LogP contribution < -0.4 is 30.3 Å². The molecule has 0 atom stereocenters. The number of anilines is 3. The summed E-state index contributed by atoms with van der Waals surface area (Å²) in [5, 5.41) is 8.59. The summed E-state index contributed by atoms with van der Waals surface area (Å²) in [6.45, 7) is 5.74. The largest absolute Gasteiger partial charge is 0.497 e. The Labute approximate surface area is 195 Å². The van der Waals surface area contributed by atoms with Crippen molar-refractivity contribution in [1.82, 2.24) is 10.2 Å². The third-order valence-corrected chi connectivity index (χ3v) is 5.52. The summed E-state index contributed by atoms with van der Waals surface area (Å²) >= 11 is 0. The van der Waals surface area contributed by atoms with E-state index in [2.05, 4.69) is 27.8 Å². The third-order valence-electron chi connectivity index (χ3n) is 5.52. The normalized spacial score (nSPS) is 13.3. The highest BCUT2D eigenvalue weighted by Gasteiger charge is 2.21. The Bertz CT molecular complexity index is 927. The summed E-state index contributed by atoms with van der Waals surface area (Å²) in [7, 11) is 3.11. The zero-order valence-electron chi connectivity index (χ0n) is 19.5. The molecule has 33 heavy (non-hydrogen) atoms. The number of hydrogen-bond donors (Lipinski definition) is 3. The molecule has 9 nitrogen and oxygen atoms in total. The number of benzene rings is 2. The lowest BCUT2D eigenvalue weighted by atomic mass is 10.2. The van der Waals surface area contributed by atoms with Crippen LogP contribution in [-0.2, 0) is 0 Å². The predicted molar refractivity (Wildman–Crippen MR) is 131 cm³/mol. The van der Waals surface area contributed by atoms with Crippen LogP contribution in [0.5, 0.6) is 11.5 Å². The standard InChI is InChI=1S/C24H33N5O4/c1-4-5-12-25-24(31)29-15-13-28(14-16-29)19-8-6-18(7-9-19)26-23(30)27-21-11-10-20(32-2)17-22(21)33-3/h6-11,17H,4-5,12-16H2,1-3H3,(H,25,31)(H2,26,27,30). The highest BCUT2D eigenvalue weighted by atomic mass is 16.5. The Balaban J connectivity index is 1.50. The quantitative estimate of drug-likeness (QED) is 0.524.